The largest absolute Gasteiger partial charge is 0.437 e. The second-order valence-electron chi connectivity index (χ2n) is 5.45. The van der Waals surface area contributed by atoms with Crippen molar-refractivity contribution in [3.8, 4) is 0 Å². The van der Waals surface area contributed by atoms with E-state index in [4.69, 9.17) is 0 Å². The standard InChI is InChI=1S/C15H15F3N2O2S/c16-15(17,18)13-11(14(21)22-19-13)9-10-5-6-12(23-10)20-7-3-1-2-4-8-20/h5-6,9H,1-4,7-8H2/b11-9-. The summed E-state index contributed by atoms with van der Waals surface area (Å²) in [4.78, 5) is 18.5. The molecular formula is C15H15F3N2O2S. The van der Waals surface area contributed by atoms with Gasteiger partial charge >= 0.3 is 12.1 Å². The highest BCUT2D eigenvalue weighted by atomic mass is 32.1. The Labute approximate surface area is 135 Å². The van der Waals surface area contributed by atoms with Gasteiger partial charge in [-0.3, -0.25) is 0 Å². The van der Waals surface area contributed by atoms with Gasteiger partial charge in [0.15, 0.2) is 5.71 Å². The molecule has 1 aromatic rings. The van der Waals surface area contributed by atoms with Crippen LogP contribution in [0.5, 0.6) is 0 Å². The number of oxime groups is 1. The molecule has 0 atom stereocenters. The third-order valence-electron chi connectivity index (χ3n) is 3.78. The third-order valence-corrected chi connectivity index (χ3v) is 4.87. The van der Waals surface area contributed by atoms with E-state index in [-0.39, 0.29) is 0 Å². The Morgan fingerprint density at radius 2 is 1.87 bits per heavy atom. The minimum atomic E-state index is -4.71. The van der Waals surface area contributed by atoms with Crippen LogP contribution in [-0.2, 0) is 9.63 Å². The summed E-state index contributed by atoms with van der Waals surface area (Å²) in [5, 5.41) is 3.85. The van der Waals surface area contributed by atoms with Crippen molar-refractivity contribution in [2.75, 3.05) is 18.0 Å². The number of hydrogen-bond acceptors (Lipinski definition) is 5. The number of thiophene rings is 1. The number of alkyl halides is 3. The zero-order valence-electron chi connectivity index (χ0n) is 12.2. The number of halogens is 3. The molecule has 0 saturated carbocycles. The third kappa shape index (κ3) is 3.57. The van der Waals surface area contributed by atoms with Crippen molar-refractivity contribution in [1.82, 2.24) is 0 Å². The molecule has 0 unspecified atom stereocenters. The van der Waals surface area contributed by atoms with Gasteiger partial charge < -0.3 is 9.74 Å². The van der Waals surface area contributed by atoms with Crippen molar-refractivity contribution in [2.45, 2.75) is 31.9 Å². The first-order valence-electron chi connectivity index (χ1n) is 7.38. The molecule has 4 nitrogen and oxygen atoms in total. The lowest BCUT2D eigenvalue weighted by Crippen LogP contribution is -2.24. The zero-order valence-corrected chi connectivity index (χ0v) is 13.0. The zero-order chi connectivity index (χ0) is 16.4. The van der Waals surface area contributed by atoms with Gasteiger partial charge in [-0.25, -0.2) is 4.79 Å². The molecule has 8 heteroatoms. The Morgan fingerprint density at radius 1 is 1.17 bits per heavy atom. The van der Waals surface area contributed by atoms with Crippen LogP contribution in [0.4, 0.5) is 18.2 Å². The number of rotatable bonds is 2. The first kappa shape index (κ1) is 16.0. The van der Waals surface area contributed by atoms with Gasteiger partial charge in [-0.1, -0.05) is 18.0 Å². The van der Waals surface area contributed by atoms with Gasteiger partial charge in [0.2, 0.25) is 0 Å². The smallest absolute Gasteiger partial charge is 0.363 e. The van der Waals surface area contributed by atoms with Crippen molar-refractivity contribution >= 4 is 34.1 Å². The first-order chi connectivity index (χ1) is 10.9. The molecule has 124 valence electrons. The maximum absolute atomic E-state index is 12.8. The summed E-state index contributed by atoms with van der Waals surface area (Å²) in [6, 6.07) is 3.60. The van der Waals surface area contributed by atoms with Crippen molar-refractivity contribution < 1.29 is 22.8 Å². The molecule has 0 bridgehead atoms. The van der Waals surface area contributed by atoms with E-state index in [0.29, 0.717) is 4.88 Å². The molecule has 2 aliphatic heterocycles. The van der Waals surface area contributed by atoms with Gasteiger partial charge in [-0.2, -0.15) is 13.2 Å². The highest BCUT2D eigenvalue weighted by Gasteiger charge is 2.45. The number of nitrogens with zero attached hydrogens (tertiary/aromatic N) is 2. The first-order valence-corrected chi connectivity index (χ1v) is 8.20. The van der Waals surface area contributed by atoms with Crippen LogP contribution in [0.15, 0.2) is 22.9 Å². The van der Waals surface area contributed by atoms with E-state index >= 15 is 0 Å². The molecule has 0 spiro atoms. The summed E-state index contributed by atoms with van der Waals surface area (Å²) in [7, 11) is 0. The molecule has 1 saturated heterocycles. The number of carbonyl (C=O) groups excluding carboxylic acids is 1. The SMILES string of the molecule is O=C1ON=C(C(F)(F)F)/C1=C/c1ccc(N2CCCCCC2)s1. The Kier molecular flexibility index (Phi) is 4.43. The number of anilines is 1. The Bertz CT molecular complexity index is 656. The fourth-order valence-corrected chi connectivity index (χ4v) is 3.64. The van der Waals surface area contributed by atoms with Gasteiger partial charge in [0, 0.05) is 18.0 Å². The van der Waals surface area contributed by atoms with Gasteiger partial charge in [-0.15, -0.1) is 11.3 Å². The number of carbonyl (C=O) groups is 1. The van der Waals surface area contributed by atoms with E-state index in [9.17, 15) is 18.0 Å². The Morgan fingerprint density at radius 3 is 2.52 bits per heavy atom. The Balaban J connectivity index is 1.82. The summed E-state index contributed by atoms with van der Waals surface area (Å²) >= 11 is 1.37. The van der Waals surface area contributed by atoms with Crippen molar-refractivity contribution in [1.29, 1.82) is 0 Å². The molecule has 2 aliphatic rings. The van der Waals surface area contributed by atoms with Crippen LogP contribution in [0.2, 0.25) is 0 Å². The summed E-state index contributed by atoms with van der Waals surface area (Å²) < 4.78 is 38.5. The lowest BCUT2D eigenvalue weighted by atomic mass is 10.1. The Hall–Kier alpha value is -1.83. The average molecular weight is 344 g/mol. The van der Waals surface area contributed by atoms with Crippen molar-refractivity contribution in [3.63, 3.8) is 0 Å². The molecular weight excluding hydrogens is 329 g/mol. The van der Waals surface area contributed by atoms with Crippen LogP contribution in [0.3, 0.4) is 0 Å². The van der Waals surface area contributed by atoms with Crippen LogP contribution < -0.4 is 4.90 Å². The minimum absolute atomic E-state index is 0.540. The molecule has 23 heavy (non-hydrogen) atoms. The minimum Gasteiger partial charge on any atom is -0.363 e. The van der Waals surface area contributed by atoms with E-state index in [1.807, 2.05) is 6.07 Å². The van der Waals surface area contributed by atoms with E-state index < -0.39 is 23.4 Å². The lowest BCUT2D eigenvalue weighted by molar-refractivity contribution is -0.136. The second kappa shape index (κ2) is 6.35. The predicted octanol–water partition coefficient (Wildman–Crippen LogP) is 3.99. The van der Waals surface area contributed by atoms with Crippen LogP contribution in [0.1, 0.15) is 30.6 Å². The fraction of sp³-hybridized carbons (Fsp3) is 0.467. The summed E-state index contributed by atoms with van der Waals surface area (Å²) in [6.45, 7) is 1.90. The van der Waals surface area contributed by atoms with Crippen LogP contribution >= 0.6 is 11.3 Å². The van der Waals surface area contributed by atoms with Crippen molar-refractivity contribution in [3.05, 3.63) is 22.6 Å². The highest BCUT2D eigenvalue weighted by Crippen LogP contribution is 2.32. The highest BCUT2D eigenvalue weighted by molar-refractivity contribution is 7.17. The van der Waals surface area contributed by atoms with E-state index in [1.165, 1.54) is 30.3 Å². The molecule has 3 rings (SSSR count). The molecule has 1 aromatic heterocycles. The molecule has 3 heterocycles. The van der Waals surface area contributed by atoms with Gasteiger partial charge in [-0.05, 0) is 31.1 Å². The molecule has 1 fully saturated rings. The summed E-state index contributed by atoms with van der Waals surface area (Å²) in [5.41, 5.74) is -1.81. The van der Waals surface area contributed by atoms with Crippen LogP contribution in [0.25, 0.3) is 6.08 Å². The molecule has 0 radical (unpaired) electrons. The normalized spacial score (nSPS) is 21.3. The molecule has 0 amide bonds. The van der Waals surface area contributed by atoms with Gasteiger partial charge in [0.05, 0.1) is 10.6 Å². The predicted molar refractivity (Wildman–Crippen MR) is 82.6 cm³/mol. The summed E-state index contributed by atoms with van der Waals surface area (Å²) in [6.07, 6.45) is 1.14. The topological polar surface area (TPSA) is 41.9 Å². The van der Waals surface area contributed by atoms with Crippen LogP contribution in [-0.4, -0.2) is 30.9 Å². The average Bonchev–Trinajstić information content (AvgIpc) is 2.98. The van der Waals surface area contributed by atoms with Gasteiger partial charge in [0.1, 0.15) is 0 Å². The maximum Gasteiger partial charge on any atom is 0.437 e. The molecule has 0 aliphatic carbocycles. The quantitative estimate of drug-likeness (QED) is 0.602. The van der Waals surface area contributed by atoms with Crippen LogP contribution in [0, 0.1) is 0 Å². The van der Waals surface area contributed by atoms with Crippen molar-refractivity contribution in [2.24, 2.45) is 5.16 Å². The monoisotopic (exact) mass is 344 g/mol. The number of hydrogen-bond donors (Lipinski definition) is 0. The lowest BCUT2D eigenvalue weighted by Gasteiger charge is -2.19. The summed E-state index contributed by atoms with van der Waals surface area (Å²) in [5.74, 6) is -1.07. The van der Waals surface area contributed by atoms with E-state index in [1.54, 1.807) is 6.07 Å². The van der Waals surface area contributed by atoms with E-state index in [2.05, 4.69) is 14.9 Å². The van der Waals surface area contributed by atoms with E-state index in [0.717, 1.165) is 30.9 Å². The molecule has 0 aromatic carbocycles. The van der Waals surface area contributed by atoms with Gasteiger partial charge in [0.25, 0.3) is 0 Å². The second-order valence-corrected chi connectivity index (χ2v) is 6.55. The maximum atomic E-state index is 12.8. The fourth-order valence-electron chi connectivity index (χ4n) is 2.64. The molecule has 0 N–H and O–H groups in total.